The molecule has 0 aliphatic rings. The Morgan fingerprint density at radius 1 is 0.733 bits per heavy atom. The van der Waals surface area contributed by atoms with E-state index < -0.39 is 41.5 Å². The van der Waals surface area contributed by atoms with E-state index in [-0.39, 0.29) is 27.9 Å². The maximum Gasteiger partial charge on any atom is 0.152 e. The molecule has 0 amide bonds. The van der Waals surface area contributed by atoms with Crippen LogP contribution in [0.1, 0.15) is 5.56 Å². The minimum atomic E-state index is -5.09. The van der Waals surface area contributed by atoms with Crippen molar-refractivity contribution in [3.8, 4) is 11.5 Å². The highest BCUT2D eigenvalue weighted by Crippen LogP contribution is 2.43. The maximum atomic E-state index is 12.2. The zero-order chi connectivity index (χ0) is 32.4. The van der Waals surface area contributed by atoms with Crippen LogP contribution >= 0.6 is 0 Å². The molecule has 0 saturated carbocycles. The first-order chi connectivity index (χ1) is 21.3. The number of benzene rings is 5. The molecule has 0 heterocycles. The van der Waals surface area contributed by atoms with E-state index in [0.29, 0.717) is 16.9 Å². The number of para-hydroxylation sites is 1. The fraction of sp³-hybridized carbons (Fsp3) is 0.0667. The van der Waals surface area contributed by atoms with Crippen molar-refractivity contribution in [2.75, 3.05) is 12.4 Å². The van der Waals surface area contributed by atoms with Gasteiger partial charge < -0.3 is 24.3 Å². The van der Waals surface area contributed by atoms with Crippen LogP contribution in [-0.4, -0.2) is 38.2 Å². The van der Waals surface area contributed by atoms with Crippen LogP contribution in [0.4, 0.5) is 34.1 Å². The SMILES string of the molecule is COc1cc(N=Nc2ccc(S(=O)(=O)[O-])cc2)c(C)cc1N=Nc1c(S(=O)(=O)[O-])cc2cc(Nc3ccccc3)ccc2c1O. The Morgan fingerprint density at radius 2 is 1.42 bits per heavy atom. The summed E-state index contributed by atoms with van der Waals surface area (Å²) in [6.07, 6.45) is 0. The number of phenolic OH excluding ortho intramolecular Hbond substituents is 1. The van der Waals surface area contributed by atoms with E-state index in [1.54, 1.807) is 25.1 Å². The van der Waals surface area contributed by atoms with Crippen LogP contribution in [0.3, 0.4) is 0 Å². The highest BCUT2D eigenvalue weighted by Gasteiger charge is 2.19. The van der Waals surface area contributed by atoms with Crippen molar-refractivity contribution in [1.82, 2.24) is 0 Å². The zero-order valence-corrected chi connectivity index (χ0v) is 25.2. The summed E-state index contributed by atoms with van der Waals surface area (Å²) in [5.41, 5.74) is 2.16. The number of hydrogen-bond donors (Lipinski definition) is 2. The van der Waals surface area contributed by atoms with Crippen LogP contribution in [-0.2, 0) is 20.2 Å². The lowest BCUT2D eigenvalue weighted by atomic mass is 10.1. The van der Waals surface area contributed by atoms with Gasteiger partial charge >= 0.3 is 0 Å². The van der Waals surface area contributed by atoms with Crippen LogP contribution in [0.5, 0.6) is 11.5 Å². The highest BCUT2D eigenvalue weighted by atomic mass is 32.2. The number of anilines is 2. The van der Waals surface area contributed by atoms with E-state index in [4.69, 9.17) is 4.74 Å². The Kier molecular flexibility index (Phi) is 8.61. The Morgan fingerprint density at radius 3 is 2.07 bits per heavy atom. The first kappa shape index (κ1) is 31.2. The van der Waals surface area contributed by atoms with Gasteiger partial charge in [-0.25, -0.2) is 16.8 Å². The monoisotopic (exact) mass is 645 g/mol. The van der Waals surface area contributed by atoms with Crippen molar-refractivity contribution in [2.24, 2.45) is 20.5 Å². The molecule has 0 fully saturated rings. The number of nitrogens with one attached hydrogen (secondary N) is 1. The van der Waals surface area contributed by atoms with Crippen molar-refractivity contribution in [1.29, 1.82) is 0 Å². The van der Waals surface area contributed by atoms with Gasteiger partial charge in [0, 0.05) is 22.8 Å². The fourth-order valence-corrected chi connectivity index (χ4v) is 5.43. The lowest BCUT2D eigenvalue weighted by Crippen LogP contribution is -2.00. The smallest absolute Gasteiger partial charge is 0.152 e. The van der Waals surface area contributed by atoms with E-state index in [1.165, 1.54) is 31.4 Å². The molecule has 0 bridgehead atoms. The molecular formula is C30H23N5O8S2-2. The quantitative estimate of drug-likeness (QED) is 0.122. The fourth-order valence-electron chi connectivity index (χ4n) is 4.31. The zero-order valence-electron chi connectivity index (χ0n) is 23.6. The van der Waals surface area contributed by atoms with E-state index in [0.717, 1.165) is 23.9 Å². The average Bonchev–Trinajstić information content (AvgIpc) is 2.99. The molecular weight excluding hydrogens is 622 g/mol. The van der Waals surface area contributed by atoms with Gasteiger partial charge in [-0.1, -0.05) is 18.2 Å². The number of rotatable bonds is 9. The predicted octanol–water partition coefficient (Wildman–Crippen LogP) is 7.25. The molecule has 5 aromatic carbocycles. The first-order valence-corrected chi connectivity index (χ1v) is 15.8. The summed E-state index contributed by atoms with van der Waals surface area (Å²) in [5.74, 6) is -0.386. The van der Waals surface area contributed by atoms with Crippen molar-refractivity contribution in [3.05, 3.63) is 96.6 Å². The number of aryl methyl sites for hydroxylation is 1. The predicted molar refractivity (Wildman–Crippen MR) is 164 cm³/mol. The Hall–Kier alpha value is -5.22. The number of ether oxygens (including phenoxy) is 1. The van der Waals surface area contributed by atoms with Gasteiger partial charge in [0.2, 0.25) is 0 Å². The summed E-state index contributed by atoms with van der Waals surface area (Å²) in [6, 6.07) is 23.1. The second kappa shape index (κ2) is 12.4. The molecule has 5 rings (SSSR count). The molecule has 0 aromatic heterocycles. The van der Waals surface area contributed by atoms with Crippen LogP contribution in [0.15, 0.2) is 121 Å². The number of aromatic hydroxyl groups is 1. The van der Waals surface area contributed by atoms with Crippen molar-refractivity contribution >= 4 is 65.1 Å². The van der Waals surface area contributed by atoms with Gasteiger partial charge in [-0.15, -0.1) is 10.2 Å². The Labute approximate surface area is 258 Å². The molecule has 0 unspecified atom stereocenters. The van der Waals surface area contributed by atoms with Crippen LogP contribution in [0, 0.1) is 6.92 Å². The van der Waals surface area contributed by atoms with Gasteiger partial charge in [0.25, 0.3) is 0 Å². The number of phenols is 1. The van der Waals surface area contributed by atoms with Gasteiger partial charge in [-0.2, -0.15) is 10.2 Å². The molecule has 0 spiro atoms. The molecule has 230 valence electrons. The summed E-state index contributed by atoms with van der Waals surface area (Å²) < 4.78 is 75.5. The van der Waals surface area contributed by atoms with Gasteiger partial charge in [0.05, 0.1) is 28.3 Å². The van der Waals surface area contributed by atoms with Gasteiger partial charge in [0.15, 0.2) is 5.75 Å². The van der Waals surface area contributed by atoms with Gasteiger partial charge in [-0.05, 0) is 84.6 Å². The largest absolute Gasteiger partial charge is 0.744 e. The standard InChI is InChI=1S/C30H25N5O8S2/c1-18-14-26(27(43-2)17-25(18)33-32-21-8-11-23(12-9-21)44(37,38)39)34-35-29-28(45(40,41)42)16-19-15-22(10-13-24(19)30(29)36)31-20-6-4-3-5-7-20/h3-17,31,36H,1-2H3,(H,37,38,39)(H,40,41,42)/p-2. The van der Waals surface area contributed by atoms with E-state index in [1.807, 2.05) is 30.3 Å². The van der Waals surface area contributed by atoms with Crippen molar-refractivity contribution < 1.29 is 35.8 Å². The third-order valence-electron chi connectivity index (χ3n) is 6.54. The number of methoxy groups -OCH3 is 1. The second-order valence-electron chi connectivity index (χ2n) is 9.61. The van der Waals surface area contributed by atoms with Gasteiger partial charge in [-0.3, -0.25) is 0 Å². The molecule has 5 aromatic rings. The molecule has 0 aliphatic carbocycles. The Balaban J connectivity index is 1.49. The van der Waals surface area contributed by atoms with Crippen LogP contribution < -0.4 is 10.1 Å². The number of nitrogens with zero attached hydrogens (tertiary/aromatic N) is 4. The third kappa shape index (κ3) is 7.13. The van der Waals surface area contributed by atoms with E-state index >= 15 is 0 Å². The number of azo groups is 2. The normalized spacial score (nSPS) is 12.3. The average molecular weight is 646 g/mol. The topological polar surface area (TPSA) is 205 Å². The lowest BCUT2D eigenvalue weighted by molar-refractivity contribution is 0.416. The summed E-state index contributed by atoms with van der Waals surface area (Å²) in [7, 11) is -8.33. The molecule has 13 nitrogen and oxygen atoms in total. The van der Waals surface area contributed by atoms with Crippen molar-refractivity contribution in [3.63, 3.8) is 0 Å². The molecule has 0 atom stereocenters. The molecule has 0 radical (unpaired) electrons. The molecule has 45 heavy (non-hydrogen) atoms. The molecule has 0 saturated heterocycles. The van der Waals surface area contributed by atoms with Gasteiger partial charge in [0.1, 0.15) is 37.4 Å². The van der Waals surface area contributed by atoms with E-state index in [9.17, 15) is 31.0 Å². The summed E-state index contributed by atoms with van der Waals surface area (Å²) in [4.78, 5) is -1.16. The highest BCUT2D eigenvalue weighted by molar-refractivity contribution is 7.86. The number of hydrogen-bond acceptors (Lipinski definition) is 13. The minimum absolute atomic E-state index is 0.134. The number of fused-ring (bicyclic) bond motifs is 1. The summed E-state index contributed by atoms with van der Waals surface area (Å²) in [6.45, 7) is 1.68. The molecule has 0 aliphatic heterocycles. The molecule has 2 N–H and O–H groups in total. The second-order valence-corrected chi connectivity index (χ2v) is 12.3. The summed E-state index contributed by atoms with van der Waals surface area (Å²) >= 11 is 0. The Bertz CT molecular complexity index is 2190. The molecule has 15 heteroatoms. The first-order valence-electron chi connectivity index (χ1n) is 13.0. The lowest BCUT2D eigenvalue weighted by Gasteiger charge is -2.15. The van der Waals surface area contributed by atoms with Crippen LogP contribution in [0.25, 0.3) is 10.8 Å². The summed E-state index contributed by atoms with van der Waals surface area (Å²) in [5, 5.41) is 31.0. The third-order valence-corrected chi connectivity index (χ3v) is 8.24. The van der Waals surface area contributed by atoms with Crippen LogP contribution in [0.2, 0.25) is 0 Å². The van der Waals surface area contributed by atoms with E-state index in [2.05, 4.69) is 25.8 Å². The van der Waals surface area contributed by atoms with Crippen molar-refractivity contribution in [2.45, 2.75) is 16.7 Å². The maximum absolute atomic E-state index is 12.2. The minimum Gasteiger partial charge on any atom is -0.744 e.